The lowest BCUT2D eigenvalue weighted by Crippen LogP contribution is -2.23. The highest BCUT2D eigenvalue weighted by atomic mass is 35.5. The van der Waals surface area contributed by atoms with E-state index in [0.29, 0.717) is 22.8 Å². The highest BCUT2D eigenvalue weighted by molar-refractivity contribution is 6.33. The smallest absolute Gasteiger partial charge is 0.253 e. The molecule has 4 nitrogen and oxygen atoms in total. The summed E-state index contributed by atoms with van der Waals surface area (Å²) in [6, 6.07) is 9.09. The number of carbonyl (C=O) groups is 1. The SMILES string of the molecule is C=CCNC(=O)c1cncc(Nc2ccccc2Cl)c1. The molecular weight excluding hydrogens is 274 g/mol. The fourth-order valence-corrected chi connectivity index (χ4v) is 1.80. The number of rotatable bonds is 5. The zero-order valence-corrected chi connectivity index (χ0v) is 11.5. The first kappa shape index (κ1) is 14.1. The van der Waals surface area contributed by atoms with Crippen LogP contribution in [0, 0.1) is 0 Å². The summed E-state index contributed by atoms with van der Waals surface area (Å²) in [5.74, 6) is -0.194. The first-order chi connectivity index (χ1) is 9.70. The Morgan fingerprint density at radius 3 is 2.90 bits per heavy atom. The van der Waals surface area contributed by atoms with Gasteiger partial charge in [0.25, 0.3) is 5.91 Å². The number of pyridine rings is 1. The molecule has 5 heteroatoms. The highest BCUT2D eigenvalue weighted by Gasteiger charge is 2.06. The van der Waals surface area contributed by atoms with Gasteiger partial charge in [0.15, 0.2) is 0 Å². The number of para-hydroxylation sites is 1. The van der Waals surface area contributed by atoms with Crippen molar-refractivity contribution in [2.24, 2.45) is 0 Å². The lowest BCUT2D eigenvalue weighted by atomic mass is 10.2. The second-order valence-electron chi connectivity index (χ2n) is 4.07. The molecule has 0 spiro atoms. The van der Waals surface area contributed by atoms with Crippen LogP contribution in [0.15, 0.2) is 55.4 Å². The Morgan fingerprint density at radius 2 is 2.15 bits per heavy atom. The van der Waals surface area contributed by atoms with Crippen LogP contribution in [0.2, 0.25) is 5.02 Å². The Kier molecular flexibility index (Phi) is 4.74. The monoisotopic (exact) mass is 287 g/mol. The average Bonchev–Trinajstić information content (AvgIpc) is 2.47. The normalized spacial score (nSPS) is 9.85. The number of benzene rings is 1. The van der Waals surface area contributed by atoms with Crippen molar-refractivity contribution in [2.75, 3.05) is 11.9 Å². The molecule has 0 saturated carbocycles. The molecule has 20 heavy (non-hydrogen) atoms. The number of halogens is 1. The van der Waals surface area contributed by atoms with Crippen LogP contribution in [0.25, 0.3) is 0 Å². The quantitative estimate of drug-likeness (QED) is 0.829. The fourth-order valence-electron chi connectivity index (χ4n) is 1.62. The number of hydrogen-bond donors (Lipinski definition) is 2. The van der Waals surface area contributed by atoms with Crippen molar-refractivity contribution in [3.05, 3.63) is 66.0 Å². The Hall–Kier alpha value is -2.33. The van der Waals surface area contributed by atoms with Crippen molar-refractivity contribution in [3.8, 4) is 0 Å². The standard InChI is InChI=1S/C15H14ClN3O/c1-2-7-18-15(20)11-8-12(10-17-9-11)19-14-6-4-3-5-13(14)16/h2-6,8-10,19H,1,7H2,(H,18,20). The van der Waals surface area contributed by atoms with Gasteiger partial charge in [-0.1, -0.05) is 29.8 Å². The summed E-state index contributed by atoms with van der Waals surface area (Å²) in [4.78, 5) is 15.9. The van der Waals surface area contributed by atoms with Gasteiger partial charge in [-0.2, -0.15) is 0 Å². The molecule has 1 aromatic heterocycles. The lowest BCUT2D eigenvalue weighted by Gasteiger charge is -2.09. The molecule has 0 bridgehead atoms. The molecule has 2 aromatic rings. The van der Waals surface area contributed by atoms with E-state index in [9.17, 15) is 4.79 Å². The van der Waals surface area contributed by atoms with Crippen molar-refractivity contribution in [2.45, 2.75) is 0 Å². The summed E-state index contributed by atoms with van der Waals surface area (Å²) in [5.41, 5.74) is 1.94. The van der Waals surface area contributed by atoms with Gasteiger partial charge in [-0.25, -0.2) is 0 Å². The predicted molar refractivity (Wildman–Crippen MR) is 81.5 cm³/mol. The topological polar surface area (TPSA) is 54.0 Å². The summed E-state index contributed by atoms with van der Waals surface area (Å²) < 4.78 is 0. The third kappa shape index (κ3) is 3.59. The summed E-state index contributed by atoms with van der Waals surface area (Å²) in [6.07, 6.45) is 4.76. The zero-order chi connectivity index (χ0) is 14.4. The summed E-state index contributed by atoms with van der Waals surface area (Å²) in [6.45, 7) is 3.97. The van der Waals surface area contributed by atoms with E-state index in [1.54, 1.807) is 24.4 Å². The molecule has 2 rings (SSSR count). The minimum absolute atomic E-state index is 0.194. The molecule has 0 atom stereocenters. The van der Waals surface area contributed by atoms with Crippen LogP contribution in [0.1, 0.15) is 10.4 Å². The van der Waals surface area contributed by atoms with Crippen molar-refractivity contribution < 1.29 is 4.79 Å². The number of aromatic nitrogens is 1. The number of carbonyl (C=O) groups excluding carboxylic acids is 1. The molecule has 0 unspecified atom stereocenters. The minimum Gasteiger partial charge on any atom is -0.353 e. The summed E-state index contributed by atoms with van der Waals surface area (Å²) in [5, 5.41) is 6.43. The molecule has 0 aliphatic rings. The molecule has 1 amide bonds. The molecule has 1 aromatic carbocycles. The van der Waals surface area contributed by atoms with Crippen molar-refractivity contribution >= 4 is 28.9 Å². The van der Waals surface area contributed by atoms with Gasteiger partial charge in [-0.3, -0.25) is 9.78 Å². The van der Waals surface area contributed by atoms with E-state index >= 15 is 0 Å². The third-order valence-electron chi connectivity index (χ3n) is 2.56. The maximum atomic E-state index is 11.8. The zero-order valence-electron chi connectivity index (χ0n) is 10.8. The van der Waals surface area contributed by atoms with Gasteiger partial charge in [-0.15, -0.1) is 6.58 Å². The Labute approximate surface area is 122 Å². The molecule has 1 heterocycles. The molecule has 0 saturated heterocycles. The van der Waals surface area contributed by atoms with Gasteiger partial charge in [-0.05, 0) is 18.2 Å². The molecule has 102 valence electrons. The number of anilines is 2. The van der Waals surface area contributed by atoms with E-state index in [0.717, 1.165) is 5.69 Å². The van der Waals surface area contributed by atoms with Crippen molar-refractivity contribution in [1.82, 2.24) is 10.3 Å². The van der Waals surface area contributed by atoms with E-state index < -0.39 is 0 Å². The van der Waals surface area contributed by atoms with Gasteiger partial charge in [0, 0.05) is 12.7 Å². The Morgan fingerprint density at radius 1 is 1.35 bits per heavy atom. The van der Waals surface area contributed by atoms with Crippen LogP contribution in [0.3, 0.4) is 0 Å². The maximum Gasteiger partial charge on any atom is 0.253 e. The molecule has 2 N–H and O–H groups in total. The molecular formula is C15H14ClN3O. The Balaban J connectivity index is 2.16. The maximum absolute atomic E-state index is 11.8. The van der Waals surface area contributed by atoms with E-state index in [2.05, 4.69) is 22.2 Å². The van der Waals surface area contributed by atoms with Crippen LogP contribution >= 0.6 is 11.6 Å². The molecule has 0 radical (unpaired) electrons. The van der Waals surface area contributed by atoms with Gasteiger partial charge < -0.3 is 10.6 Å². The molecule has 0 fully saturated rings. The fraction of sp³-hybridized carbons (Fsp3) is 0.0667. The second-order valence-corrected chi connectivity index (χ2v) is 4.47. The predicted octanol–water partition coefficient (Wildman–Crippen LogP) is 3.39. The first-order valence-electron chi connectivity index (χ1n) is 6.06. The van der Waals surface area contributed by atoms with Crippen LogP contribution in [-0.2, 0) is 0 Å². The van der Waals surface area contributed by atoms with Crippen LogP contribution in [0.4, 0.5) is 11.4 Å². The van der Waals surface area contributed by atoms with Gasteiger partial charge in [0.1, 0.15) is 0 Å². The van der Waals surface area contributed by atoms with Crippen LogP contribution in [0.5, 0.6) is 0 Å². The van der Waals surface area contributed by atoms with Gasteiger partial charge in [0.2, 0.25) is 0 Å². The average molecular weight is 288 g/mol. The highest BCUT2D eigenvalue weighted by Crippen LogP contribution is 2.24. The van der Waals surface area contributed by atoms with E-state index in [-0.39, 0.29) is 5.91 Å². The van der Waals surface area contributed by atoms with Crippen LogP contribution < -0.4 is 10.6 Å². The lowest BCUT2D eigenvalue weighted by molar-refractivity contribution is 0.0957. The Bertz CT molecular complexity index is 628. The van der Waals surface area contributed by atoms with Gasteiger partial charge >= 0.3 is 0 Å². The number of amides is 1. The molecule has 0 aliphatic heterocycles. The van der Waals surface area contributed by atoms with E-state index in [4.69, 9.17) is 11.6 Å². The number of hydrogen-bond acceptors (Lipinski definition) is 3. The van der Waals surface area contributed by atoms with E-state index in [1.807, 2.05) is 18.2 Å². The third-order valence-corrected chi connectivity index (χ3v) is 2.89. The second kappa shape index (κ2) is 6.73. The van der Waals surface area contributed by atoms with Crippen LogP contribution in [-0.4, -0.2) is 17.4 Å². The number of nitrogens with one attached hydrogen (secondary N) is 2. The van der Waals surface area contributed by atoms with Crippen molar-refractivity contribution in [3.63, 3.8) is 0 Å². The first-order valence-corrected chi connectivity index (χ1v) is 6.44. The molecule has 0 aliphatic carbocycles. The summed E-state index contributed by atoms with van der Waals surface area (Å²) in [7, 11) is 0. The largest absolute Gasteiger partial charge is 0.353 e. The van der Waals surface area contributed by atoms with E-state index in [1.165, 1.54) is 6.20 Å². The van der Waals surface area contributed by atoms with Crippen molar-refractivity contribution in [1.29, 1.82) is 0 Å². The minimum atomic E-state index is -0.194. The summed E-state index contributed by atoms with van der Waals surface area (Å²) >= 11 is 6.07. The number of nitrogens with zero attached hydrogens (tertiary/aromatic N) is 1. The van der Waals surface area contributed by atoms with Gasteiger partial charge in [0.05, 0.1) is 28.2 Å².